The van der Waals surface area contributed by atoms with Gasteiger partial charge in [-0.25, -0.2) is 0 Å². The van der Waals surface area contributed by atoms with Crippen LogP contribution in [0.25, 0.3) is 0 Å². The molecular formula is C13H17NO3S. The number of carbonyl (C=O) groups is 2. The molecule has 0 aromatic heterocycles. The molecule has 0 fully saturated rings. The second kappa shape index (κ2) is 6.44. The summed E-state index contributed by atoms with van der Waals surface area (Å²) in [5.74, 6) is -0.863. The number of nitrogens with zero attached hydrogens (tertiary/aromatic N) is 1. The number of carboxylic acids is 1. The van der Waals surface area contributed by atoms with Crippen LogP contribution >= 0.6 is 11.8 Å². The lowest BCUT2D eigenvalue weighted by Crippen LogP contribution is -2.29. The van der Waals surface area contributed by atoms with E-state index >= 15 is 0 Å². The standard InChI is InChI=1S/C13H17NO3S/c1-9-4-5-11(10(2)6-9)14(3)12(15)7-18-8-13(16)17/h4-6H,7-8H2,1-3H3,(H,16,17). The van der Waals surface area contributed by atoms with Crippen molar-refractivity contribution >= 4 is 29.3 Å². The van der Waals surface area contributed by atoms with Crippen LogP contribution in [-0.2, 0) is 9.59 Å². The van der Waals surface area contributed by atoms with Crippen molar-refractivity contribution in [1.29, 1.82) is 0 Å². The van der Waals surface area contributed by atoms with E-state index in [1.807, 2.05) is 32.0 Å². The highest BCUT2D eigenvalue weighted by atomic mass is 32.2. The minimum atomic E-state index is -0.901. The molecule has 1 amide bonds. The normalized spacial score (nSPS) is 10.2. The molecule has 0 unspecified atom stereocenters. The SMILES string of the molecule is Cc1ccc(N(C)C(=O)CSCC(=O)O)c(C)c1. The summed E-state index contributed by atoms with van der Waals surface area (Å²) in [4.78, 5) is 23.8. The Balaban J connectivity index is 2.65. The fraction of sp³-hybridized carbons (Fsp3) is 0.385. The third-order valence-electron chi connectivity index (χ3n) is 2.54. The van der Waals surface area contributed by atoms with Gasteiger partial charge in [-0.15, -0.1) is 11.8 Å². The molecule has 0 bridgehead atoms. The van der Waals surface area contributed by atoms with Gasteiger partial charge < -0.3 is 10.0 Å². The van der Waals surface area contributed by atoms with Crippen LogP contribution in [0.5, 0.6) is 0 Å². The van der Waals surface area contributed by atoms with Crippen molar-refractivity contribution in [3.05, 3.63) is 29.3 Å². The first-order valence-electron chi connectivity index (χ1n) is 5.55. The first-order chi connectivity index (χ1) is 8.41. The van der Waals surface area contributed by atoms with E-state index in [1.165, 1.54) is 0 Å². The van der Waals surface area contributed by atoms with Gasteiger partial charge in [0.1, 0.15) is 0 Å². The predicted molar refractivity (Wildman–Crippen MR) is 74.3 cm³/mol. The molecule has 0 spiro atoms. The van der Waals surface area contributed by atoms with Crippen LogP contribution in [0.1, 0.15) is 11.1 Å². The molecule has 0 heterocycles. The van der Waals surface area contributed by atoms with E-state index in [0.29, 0.717) is 0 Å². The average Bonchev–Trinajstić information content (AvgIpc) is 2.27. The van der Waals surface area contributed by atoms with Gasteiger partial charge in [0.05, 0.1) is 11.5 Å². The summed E-state index contributed by atoms with van der Waals surface area (Å²) in [6.07, 6.45) is 0. The number of rotatable bonds is 5. The Morgan fingerprint density at radius 1 is 1.28 bits per heavy atom. The third-order valence-corrected chi connectivity index (χ3v) is 3.44. The summed E-state index contributed by atoms with van der Waals surface area (Å²) in [6.45, 7) is 3.96. The van der Waals surface area contributed by atoms with Gasteiger partial charge in [0.25, 0.3) is 0 Å². The maximum Gasteiger partial charge on any atom is 0.313 e. The molecule has 1 N–H and O–H groups in total. The molecule has 1 rings (SSSR count). The lowest BCUT2D eigenvalue weighted by molar-refractivity contribution is -0.133. The Bertz CT molecular complexity index is 460. The highest BCUT2D eigenvalue weighted by Gasteiger charge is 2.13. The Kier molecular flexibility index (Phi) is 5.22. The smallest absolute Gasteiger partial charge is 0.313 e. The number of hydrogen-bond donors (Lipinski definition) is 1. The largest absolute Gasteiger partial charge is 0.481 e. The van der Waals surface area contributed by atoms with Gasteiger partial charge in [-0.05, 0) is 25.5 Å². The average molecular weight is 267 g/mol. The minimum absolute atomic E-state index is 0.0491. The second-order valence-corrected chi connectivity index (χ2v) is 5.11. The number of carbonyl (C=O) groups excluding carboxylic acids is 1. The van der Waals surface area contributed by atoms with E-state index in [9.17, 15) is 9.59 Å². The first kappa shape index (κ1) is 14.6. The topological polar surface area (TPSA) is 57.6 Å². The van der Waals surface area contributed by atoms with Crippen LogP contribution in [-0.4, -0.2) is 35.5 Å². The van der Waals surface area contributed by atoms with Crippen molar-refractivity contribution < 1.29 is 14.7 Å². The quantitative estimate of drug-likeness (QED) is 0.887. The first-order valence-corrected chi connectivity index (χ1v) is 6.70. The summed E-state index contributed by atoms with van der Waals surface area (Å²) in [5, 5.41) is 8.51. The van der Waals surface area contributed by atoms with Crippen molar-refractivity contribution in [3.8, 4) is 0 Å². The number of hydrogen-bond acceptors (Lipinski definition) is 3. The molecule has 0 aliphatic carbocycles. The fourth-order valence-electron chi connectivity index (χ4n) is 1.64. The van der Waals surface area contributed by atoms with Crippen molar-refractivity contribution in [2.45, 2.75) is 13.8 Å². The van der Waals surface area contributed by atoms with E-state index in [2.05, 4.69) is 0 Å². The van der Waals surface area contributed by atoms with Crippen LogP contribution in [0, 0.1) is 13.8 Å². The summed E-state index contributed by atoms with van der Waals surface area (Å²) >= 11 is 1.11. The molecule has 0 aliphatic rings. The van der Waals surface area contributed by atoms with Crippen molar-refractivity contribution in [1.82, 2.24) is 0 Å². The molecule has 0 atom stereocenters. The van der Waals surface area contributed by atoms with E-state index in [-0.39, 0.29) is 17.4 Å². The lowest BCUT2D eigenvalue weighted by Gasteiger charge is -2.19. The summed E-state index contributed by atoms with van der Waals surface area (Å²) < 4.78 is 0. The van der Waals surface area contributed by atoms with Crippen LogP contribution < -0.4 is 4.90 Å². The van der Waals surface area contributed by atoms with Crippen molar-refractivity contribution in [2.75, 3.05) is 23.5 Å². The Morgan fingerprint density at radius 3 is 2.50 bits per heavy atom. The van der Waals surface area contributed by atoms with Crippen molar-refractivity contribution in [2.24, 2.45) is 0 Å². The van der Waals surface area contributed by atoms with Crippen LogP contribution in [0.4, 0.5) is 5.69 Å². The highest BCUT2D eigenvalue weighted by Crippen LogP contribution is 2.20. The lowest BCUT2D eigenvalue weighted by atomic mass is 10.1. The van der Waals surface area contributed by atoms with Crippen molar-refractivity contribution in [3.63, 3.8) is 0 Å². The molecule has 1 aromatic rings. The molecule has 1 aromatic carbocycles. The molecule has 5 heteroatoms. The van der Waals surface area contributed by atoms with Gasteiger partial charge in [0, 0.05) is 12.7 Å². The van der Waals surface area contributed by atoms with E-state index in [1.54, 1.807) is 11.9 Å². The fourth-order valence-corrected chi connectivity index (χ4v) is 2.28. The molecular weight excluding hydrogens is 250 g/mol. The van der Waals surface area contributed by atoms with Gasteiger partial charge in [-0.2, -0.15) is 0 Å². The van der Waals surface area contributed by atoms with Crippen LogP contribution in [0.15, 0.2) is 18.2 Å². The van der Waals surface area contributed by atoms with Gasteiger partial charge >= 0.3 is 5.97 Å². The zero-order valence-electron chi connectivity index (χ0n) is 10.8. The third kappa shape index (κ3) is 4.07. The predicted octanol–water partition coefficient (Wildman–Crippen LogP) is 2.08. The van der Waals surface area contributed by atoms with Gasteiger partial charge in [0.15, 0.2) is 0 Å². The van der Waals surface area contributed by atoms with Gasteiger partial charge in [0.2, 0.25) is 5.91 Å². The van der Waals surface area contributed by atoms with E-state index in [0.717, 1.165) is 28.6 Å². The number of anilines is 1. The zero-order valence-corrected chi connectivity index (χ0v) is 11.6. The number of amides is 1. The molecule has 18 heavy (non-hydrogen) atoms. The molecule has 0 aliphatic heterocycles. The number of carboxylic acid groups (broad SMARTS) is 1. The summed E-state index contributed by atoms with van der Waals surface area (Å²) in [7, 11) is 1.71. The second-order valence-electron chi connectivity index (χ2n) is 4.13. The number of aliphatic carboxylic acids is 1. The van der Waals surface area contributed by atoms with Crippen LogP contribution in [0.2, 0.25) is 0 Å². The molecule has 98 valence electrons. The van der Waals surface area contributed by atoms with E-state index in [4.69, 9.17) is 5.11 Å². The Hall–Kier alpha value is -1.49. The maximum atomic E-state index is 11.9. The maximum absolute atomic E-state index is 11.9. The molecule has 0 saturated carbocycles. The Labute approximate surface area is 111 Å². The highest BCUT2D eigenvalue weighted by molar-refractivity contribution is 8.00. The van der Waals surface area contributed by atoms with E-state index < -0.39 is 5.97 Å². The number of aryl methyl sites for hydroxylation is 2. The van der Waals surface area contributed by atoms with Gasteiger partial charge in [-0.1, -0.05) is 17.7 Å². The number of benzene rings is 1. The minimum Gasteiger partial charge on any atom is -0.481 e. The van der Waals surface area contributed by atoms with Crippen LogP contribution in [0.3, 0.4) is 0 Å². The molecule has 0 saturated heterocycles. The monoisotopic (exact) mass is 267 g/mol. The molecule has 0 radical (unpaired) electrons. The summed E-state index contributed by atoms with van der Waals surface area (Å²) in [5.41, 5.74) is 3.05. The van der Waals surface area contributed by atoms with Gasteiger partial charge in [-0.3, -0.25) is 9.59 Å². The number of thioether (sulfide) groups is 1. The molecule has 4 nitrogen and oxygen atoms in total. The summed E-state index contributed by atoms with van der Waals surface area (Å²) in [6, 6.07) is 5.88. The Morgan fingerprint density at radius 2 is 1.94 bits per heavy atom. The zero-order chi connectivity index (χ0) is 13.7.